The highest BCUT2D eigenvalue weighted by molar-refractivity contribution is 7.88. The first-order chi connectivity index (χ1) is 9.21. The monoisotopic (exact) mass is 306 g/mol. The van der Waals surface area contributed by atoms with E-state index < -0.39 is 15.6 Å². The van der Waals surface area contributed by atoms with Crippen LogP contribution in [-0.2, 0) is 29.4 Å². The van der Waals surface area contributed by atoms with E-state index >= 15 is 0 Å². The summed E-state index contributed by atoms with van der Waals surface area (Å²) in [6.07, 6.45) is 2.90. The van der Waals surface area contributed by atoms with E-state index in [-0.39, 0.29) is 11.7 Å². The predicted octanol–water partition coefficient (Wildman–Crippen LogP) is 3.06. The smallest absolute Gasteiger partial charge is 0.375 e. The molecule has 0 bridgehead atoms. The Bertz CT molecular complexity index is 673. The van der Waals surface area contributed by atoms with Crippen LogP contribution in [-0.4, -0.2) is 13.9 Å². The second kappa shape index (κ2) is 4.13. The van der Waals surface area contributed by atoms with Gasteiger partial charge in [0.2, 0.25) is 0 Å². The number of hydrogen-bond acceptors (Lipinski definition) is 3. The predicted molar refractivity (Wildman–Crippen MR) is 66.2 cm³/mol. The van der Waals surface area contributed by atoms with Crippen LogP contribution in [0.2, 0.25) is 0 Å². The number of fused-ring (bicyclic) bond motifs is 2. The Balaban J connectivity index is 2.11. The quantitative estimate of drug-likeness (QED) is 0.623. The van der Waals surface area contributed by atoms with Gasteiger partial charge in [-0.25, -0.2) is 0 Å². The Morgan fingerprint density at radius 3 is 2.55 bits per heavy atom. The van der Waals surface area contributed by atoms with Gasteiger partial charge in [-0.3, -0.25) is 0 Å². The normalized spacial score (nSPS) is 21.1. The molecule has 2 aliphatic carbocycles. The molecule has 7 heteroatoms. The number of halogens is 3. The molecule has 20 heavy (non-hydrogen) atoms. The van der Waals surface area contributed by atoms with Crippen molar-refractivity contribution in [2.75, 3.05) is 0 Å². The van der Waals surface area contributed by atoms with Crippen molar-refractivity contribution in [1.82, 2.24) is 0 Å². The Kier molecular flexibility index (Phi) is 2.83. The Hall–Kier alpha value is -1.24. The molecule has 0 aromatic heterocycles. The summed E-state index contributed by atoms with van der Waals surface area (Å²) in [5, 5.41) is 0. The third-order valence-electron chi connectivity index (χ3n) is 3.97. The van der Waals surface area contributed by atoms with Crippen molar-refractivity contribution >= 4 is 10.1 Å². The molecular formula is C13H13F3O3S. The molecule has 1 atom stereocenters. The van der Waals surface area contributed by atoms with Crippen molar-refractivity contribution in [1.29, 1.82) is 0 Å². The Labute approximate surface area is 114 Å². The fraction of sp³-hybridized carbons (Fsp3) is 0.538. The molecule has 0 fully saturated rings. The van der Waals surface area contributed by atoms with Crippen molar-refractivity contribution in [2.24, 2.45) is 0 Å². The van der Waals surface area contributed by atoms with E-state index in [0.717, 1.165) is 30.4 Å². The third kappa shape index (κ3) is 1.90. The molecule has 0 radical (unpaired) electrons. The molecule has 1 aromatic rings. The van der Waals surface area contributed by atoms with Crippen molar-refractivity contribution in [2.45, 2.75) is 44.0 Å². The first kappa shape index (κ1) is 13.7. The van der Waals surface area contributed by atoms with Gasteiger partial charge in [-0.15, -0.1) is 0 Å². The van der Waals surface area contributed by atoms with Crippen LogP contribution in [0.1, 0.15) is 41.5 Å². The van der Waals surface area contributed by atoms with Crippen LogP contribution < -0.4 is 4.18 Å². The molecule has 0 saturated heterocycles. The molecule has 1 aromatic carbocycles. The number of alkyl halides is 3. The zero-order chi connectivity index (χ0) is 14.7. The van der Waals surface area contributed by atoms with Crippen LogP contribution in [0.5, 0.6) is 5.75 Å². The lowest BCUT2D eigenvalue weighted by atomic mass is 9.76. The van der Waals surface area contributed by atoms with Crippen molar-refractivity contribution in [3.8, 4) is 5.75 Å². The molecule has 1 unspecified atom stereocenters. The zero-order valence-corrected chi connectivity index (χ0v) is 11.6. The third-order valence-corrected chi connectivity index (χ3v) is 4.92. The molecule has 3 nitrogen and oxygen atoms in total. The molecule has 0 spiro atoms. The summed E-state index contributed by atoms with van der Waals surface area (Å²) in [7, 11) is -5.60. The first-order valence-corrected chi connectivity index (χ1v) is 7.80. The number of hydrogen-bond donors (Lipinski definition) is 0. The van der Waals surface area contributed by atoms with Gasteiger partial charge in [-0.2, -0.15) is 21.6 Å². The summed E-state index contributed by atoms with van der Waals surface area (Å²) in [5.74, 6) is -0.0274. The summed E-state index contributed by atoms with van der Waals surface area (Å²) in [6.45, 7) is 1.86. The van der Waals surface area contributed by atoms with Gasteiger partial charge < -0.3 is 4.18 Å². The average molecular weight is 306 g/mol. The second-order valence-corrected chi connectivity index (χ2v) is 6.90. The van der Waals surface area contributed by atoms with Crippen LogP contribution in [0.15, 0.2) is 6.07 Å². The SMILES string of the molecule is CC1Cc2cc3c(c(OS(=O)(=O)C(F)(F)F)c21)CCC3. The highest BCUT2D eigenvalue weighted by Crippen LogP contribution is 2.48. The maximum atomic E-state index is 12.5. The molecular weight excluding hydrogens is 293 g/mol. The molecule has 0 heterocycles. The number of rotatable bonds is 2. The molecule has 0 saturated carbocycles. The minimum atomic E-state index is -5.60. The summed E-state index contributed by atoms with van der Waals surface area (Å²) in [5.41, 5.74) is -2.32. The van der Waals surface area contributed by atoms with E-state index in [2.05, 4.69) is 4.18 Å². The maximum absolute atomic E-state index is 12.5. The minimum absolute atomic E-state index is 0.0364. The average Bonchev–Trinajstić information content (AvgIpc) is 2.73. The van der Waals surface area contributed by atoms with E-state index in [1.165, 1.54) is 0 Å². The second-order valence-electron chi connectivity index (χ2n) is 5.36. The van der Waals surface area contributed by atoms with E-state index in [9.17, 15) is 21.6 Å². The van der Waals surface area contributed by atoms with Gasteiger partial charge in [0.1, 0.15) is 5.75 Å². The van der Waals surface area contributed by atoms with Gasteiger partial charge in [0, 0.05) is 5.56 Å². The summed E-state index contributed by atoms with van der Waals surface area (Å²) >= 11 is 0. The van der Waals surface area contributed by atoms with Gasteiger partial charge >= 0.3 is 15.6 Å². The lowest BCUT2D eigenvalue weighted by molar-refractivity contribution is -0.0500. The van der Waals surface area contributed by atoms with Crippen LogP contribution in [0.3, 0.4) is 0 Å². The highest BCUT2D eigenvalue weighted by Gasteiger charge is 2.49. The molecule has 2 aliphatic rings. The van der Waals surface area contributed by atoms with Crippen molar-refractivity contribution < 1.29 is 25.8 Å². The molecule has 0 N–H and O–H groups in total. The van der Waals surface area contributed by atoms with Gasteiger partial charge in [0.05, 0.1) is 0 Å². The zero-order valence-electron chi connectivity index (χ0n) is 10.8. The van der Waals surface area contributed by atoms with Crippen molar-refractivity contribution in [3.05, 3.63) is 28.3 Å². The fourth-order valence-corrected chi connectivity index (χ4v) is 3.55. The molecule has 0 amide bonds. The van der Waals surface area contributed by atoms with Crippen LogP contribution in [0.25, 0.3) is 0 Å². The first-order valence-electron chi connectivity index (χ1n) is 6.39. The standard InChI is InChI=1S/C13H13F3O3S/c1-7-5-9-6-8-3-2-4-10(8)12(11(7)9)19-20(17,18)13(14,15)16/h6-7H,2-5H2,1H3. The summed E-state index contributed by atoms with van der Waals surface area (Å²) in [6, 6.07) is 1.98. The lowest BCUT2D eigenvalue weighted by Gasteiger charge is -2.31. The number of aryl methyl sites for hydroxylation is 1. The Morgan fingerprint density at radius 2 is 1.95 bits per heavy atom. The van der Waals surface area contributed by atoms with Crippen molar-refractivity contribution in [3.63, 3.8) is 0 Å². The van der Waals surface area contributed by atoms with E-state index in [4.69, 9.17) is 0 Å². The fourth-order valence-electron chi connectivity index (χ4n) is 3.04. The molecule has 110 valence electrons. The minimum Gasteiger partial charge on any atom is -0.375 e. The van der Waals surface area contributed by atoms with Gasteiger partial charge in [0.25, 0.3) is 0 Å². The lowest BCUT2D eigenvalue weighted by Crippen LogP contribution is -2.30. The van der Waals surface area contributed by atoms with Crippen LogP contribution in [0.4, 0.5) is 13.2 Å². The van der Waals surface area contributed by atoms with E-state index in [0.29, 0.717) is 17.5 Å². The largest absolute Gasteiger partial charge is 0.534 e. The Morgan fingerprint density at radius 1 is 1.25 bits per heavy atom. The number of benzene rings is 1. The highest BCUT2D eigenvalue weighted by atomic mass is 32.2. The topological polar surface area (TPSA) is 43.4 Å². The van der Waals surface area contributed by atoms with Gasteiger partial charge in [0.15, 0.2) is 0 Å². The van der Waals surface area contributed by atoms with Gasteiger partial charge in [-0.1, -0.05) is 13.0 Å². The van der Waals surface area contributed by atoms with E-state index in [1.54, 1.807) is 0 Å². The summed E-state index contributed by atoms with van der Waals surface area (Å²) < 4.78 is 64.5. The molecule has 3 rings (SSSR count). The van der Waals surface area contributed by atoms with Crippen LogP contribution in [0, 0.1) is 0 Å². The van der Waals surface area contributed by atoms with Gasteiger partial charge in [-0.05, 0) is 48.3 Å². The maximum Gasteiger partial charge on any atom is 0.534 e. The summed E-state index contributed by atoms with van der Waals surface area (Å²) in [4.78, 5) is 0. The van der Waals surface area contributed by atoms with E-state index in [1.807, 2.05) is 13.0 Å². The van der Waals surface area contributed by atoms with Crippen LogP contribution >= 0.6 is 0 Å². The molecule has 0 aliphatic heterocycles.